The number of nitrogens with two attached hydrogens (primary N) is 1. The summed E-state index contributed by atoms with van der Waals surface area (Å²) in [6.07, 6.45) is 13.4. The van der Waals surface area contributed by atoms with E-state index in [1.165, 1.54) is 38.5 Å². The van der Waals surface area contributed by atoms with Crippen LogP contribution in [0.2, 0.25) is 0 Å². The van der Waals surface area contributed by atoms with Gasteiger partial charge in [-0.2, -0.15) is 0 Å². The Morgan fingerprint density at radius 3 is 2.80 bits per heavy atom. The minimum atomic E-state index is -0.218. The van der Waals surface area contributed by atoms with E-state index in [1.54, 1.807) is 0 Å². The molecule has 0 saturated heterocycles. The smallest absolute Gasteiger partial charge is 0.202 e. The molecule has 0 aromatic carbocycles. The molecule has 1 fully saturated rings. The largest absolute Gasteiger partial charge is 0.402 e. The average Bonchev–Trinajstić information content (AvgIpc) is 2.89. The van der Waals surface area contributed by atoms with E-state index in [4.69, 9.17) is 10.6 Å². The number of rotatable bonds is 3. The fraction of sp³-hybridized carbons (Fsp3) is 0.688. The van der Waals surface area contributed by atoms with E-state index < -0.39 is 0 Å². The van der Waals surface area contributed by atoms with Gasteiger partial charge in [-0.05, 0) is 31.8 Å². The van der Waals surface area contributed by atoms with Crippen LogP contribution in [0.15, 0.2) is 28.4 Å². The van der Waals surface area contributed by atoms with Crippen molar-refractivity contribution in [3.63, 3.8) is 0 Å². The van der Waals surface area contributed by atoms with Gasteiger partial charge < -0.3 is 5.73 Å². The predicted molar refractivity (Wildman–Crippen MR) is 80.8 cm³/mol. The summed E-state index contributed by atoms with van der Waals surface area (Å²) in [4.78, 5) is 9.82. The highest BCUT2D eigenvalue weighted by Crippen LogP contribution is 2.34. The minimum Gasteiger partial charge on any atom is -0.402 e. The standard InChI is InChI=1S/C16H25N3O/c1-11-18-16(20-19-11)14-8-7-13(15(17)10-14)9-12-5-3-2-4-6-12/h8,10,12-13,16H,2-7,9,17H2,1H3,(H,18,19). The van der Waals surface area contributed by atoms with Crippen molar-refractivity contribution in [1.29, 1.82) is 0 Å². The Morgan fingerprint density at radius 2 is 2.15 bits per heavy atom. The first kappa shape index (κ1) is 13.7. The molecule has 3 aliphatic rings. The van der Waals surface area contributed by atoms with Crippen LogP contribution in [-0.2, 0) is 4.84 Å². The number of hydrogen-bond acceptors (Lipinski definition) is 4. The van der Waals surface area contributed by atoms with Crippen LogP contribution < -0.4 is 11.2 Å². The highest BCUT2D eigenvalue weighted by Gasteiger charge is 2.26. The molecule has 0 aromatic heterocycles. The summed E-state index contributed by atoms with van der Waals surface area (Å²) >= 11 is 0. The lowest BCUT2D eigenvalue weighted by molar-refractivity contribution is 0.0618. The maximum Gasteiger partial charge on any atom is 0.202 e. The van der Waals surface area contributed by atoms with Crippen molar-refractivity contribution in [3.8, 4) is 0 Å². The van der Waals surface area contributed by atoms with Gasteiger partial charge in [0.05, 0.1) is 0 Å². The number of allylic oxidation sites excluding steroid dienone is 2. The number of nitrogens with one attached hydrogen (secondary N) is 1. The van der Waals surface area contributed by atoms with Crippen molar-refractivity contribution >= 4 is 5.84 Å². The van der Waals surface area contributed by atoms with Crippen LogP contribution in [-0.4, -0.2) is 12.1 Å². The van der Waals surface area contributed by atoms with Gasteiger partial charge in [-0.1, -0.05) is 38.2 Å². The third kappa shape index (κ3) is 3.06. The van der Waals surface area contributed by atoms with E-state index in [2.05, 4.69) is 22.6 Å². The second-order valence-electron chi connectivity index (χ2n) is 6.31. The van der Waals surface area contributed by atoms with Crippen molar-refractivity contribution in [2.45, 2.75) is 58.1 Å². The molecule has 0 spiro atoms. The van der Waals surface area contributed by atoms with E-state index in [0.29, 0.717) is 5.92 Å². The summed E-state index contributed by atoms with van der Waals surface area (Å²) in [5, 5.41) is 0. The first-order valence-electron chi connectivity index (χ1n) is 7.85. The van der Waals surface area contributed by atoms with Gasteiger partial charge in [-0.15, -0.1) is 0 Å². The molecule has 1 heterocycles. The molecule has 0 bridgehead atoms. The maximum absolute atomic E-state index is 6.28. The summed E-state index contributed by atoms with van der Waals surface area (Å²) in [5.41, 5.74) is 11.2. The zero-order valence-electron chi connectivity index (χ0n) is 12.3. The van der Waals surface area contributed by atoms with Crippen LogP contribution in [0.5, 0.6) is 0 Å². The third-order valence-corrected chi connectivity index (χ3v) is 4.70. The van der Waals surface area contributed by atoms with Gasteiger partial charge in [0.15, 0.2) is 0 Å². The maximum atomic E-state index is 6.28. The zero-order chi connectivity index (χ0) is 13.9. The van der Waals surface area contributed by atoms with E-state index in [0.717, 1.165) is 29.4 Å². The van der Waals surface area contributed by atoms with Crippen LogP contribution in [0.1, 0.15) is 51.9 Å². The summed E-state index contributed by atoms with van der Waals surface area (Å²) < 4.78 is 0. The molecule has 20 heavy (non-hydrogen) atoms. The van der Waals surface area contributed by atoms with Gasteiger partial charge in [0.1, 0.15) is 5.84 Å². The highest BCUT2D eigenvalue weighted by molar-refractivity contribution is 5.79. The Balaban J connectivity index is 1.59. The number of amidine groups is 1. The molecule has 0 amide bonds. The fourth-order valence-corrected chi connectivity index (χ4v) is 3.53. The minimum absolute atomic E-state index is 0.218. The van der Waals surface area contributed by atoms with Gasteiger partial charge >= 0.3 is 0 Å². The van der Waals surface area contributed by atoms with Crippen molar-refractivity contribution in [1.82, 2.24) is 5.48 Å². The van der Waals surface area contributed by atoms with E-state index in [1.807, 2.05) is 6.92 Å². The fourth-order valence-electron chi connectivity index (χ4n) is 3.53. The van der Waals surface area contributed by atoms with Crippen LogP contribution in [0.3, 0.4) is 0 Å². The number of aliphatic imine (C=N–C) groups is 1. The van der Waals surface area contributed by atoms with Crippen LogP contribution >= 0.6 is 0 Å². The lowest BCUT2D eigenvalue weighted by atomic mass is 9.79. The Hall–Kier alpha value is -1.29. The molecular weight excluding hydrogens is 250 g/mol. The zero-order valence-corrected chi connectivity index (χ0v) is 12.3. The van der Waals surface area contributed by atoms with E-state index in [-0.39, 0.29) is 6.23 Å². The monoisotopic (exact) mass is 275 g/mol. The Kier molecular flexibility index (Phi) is 4.10. The summed E-state index contributed by atoms with van der Waals surface area (Å²) in [6.45, 7) is 1.91. The lowest BCUT2D eigenvalue weighted by Crippen LogP contribution is -2.23. The van der Waals surface area contributed by atoms with E-state index in [9.17, 15) is 0 Å². The molecule has 110 valence electrons. The first-order chi connectivity index (χ1) is 9.72. The average molecular weight is 275 g/mol. The van der Waals surface area contributed by atoms with Crippen molar-refractivity contribution in [3.05, 3.63) is 23.4 Å². The molecule has 2 aliphatic carbocycles. The molecule has 3 N–H and O–H groups in total. The highest BCUT2D eigenvalue weighted by atomic mass is 16.7. The van der Waals surface area contributed by atoms with Gasteiger partial charge in [-0.25, -0.2) is 9.83 Å². The number of hydroxylamine groups is 1. The summed E-state index contributed by atoms with van der Waals surface area (Å²) in [7, 11) is 0. The molecule has 0 aromatic rings. The summed E-state index contributed by atoms with van der Waals surface area (Å²) in [5.74, 6) is 2.22. The quantitative estimate of drug-likeness (QED) is 0.832. The second-order valence-corrected chi connectivity index (χ2v) is 6.31. The van der Waals surface area contributed by atoms with Gasteiger partial charge in [0, 0.05) is 17.2 Å². The topological polar surface area (TPSA) is 59.6 Å². The Bertz CT molecular complexity index is 447. The SMILES string of the molecule is CC1=NC(C2=CCC(CC3CCCCC3)C(N)=C2)ON1. The van der Waals surface area contributed by atoms with Crippen LogP contribution in [0.25, 0.3) is 0 Å². The van der Waals surface area contributed by atoms with Gasteiger partial charge in [-0.3, -0.25) is 5.48 Å². The lowest BCUT2D eigenvalue weighted by Gasteiger charge is -2.28. The summed E-state index contributed by atoms with van der Waals surface area (Å²) in [6, 6.07) is 0. The first-order valence-corrected chi connectivity index (χ1v) is 7.85. The van der Waals surface area contributed by atoms with Gasteiger partial charge in [0.25, 0.3) is 0 Å². The second kappa shape index (κ2) is 6.00. The van der Waals surface area contributed by atoms with Crippen molar-refractivity contribution < 1.29 is 4.84 Å². The molecule has 2 unspecified atom stereocenters. The van der Waals surface area contributed by atoms with Crippen LogP contribution in [0, 0.1) is 11.8 Å². The molecule has 2 atom stereocenters. The third-order valence-electron chi connectivity index (χ3n) is 4.70. The molecular formula is C16H25N3O. The Labute approximate surface area is 121 Å². The van der Waals surface area contributed by atoms with E-state index >= 15 is 0 Å². The van der Waals surface area contributed by atoms with Crippen molar-refractivity contribution in [2.24, 2.45) is 22.6 Å². The normalized spacial score (nSPS) is 31.4. The van der Waals surface area contributed by atoms with Gasteiger partial charge in [0.2, 0.25) is 6.23 Å². The molecule has 0 radical (unpaired) electrons. The molecule has 3 rings (SSSR count). The molecule has 1 saturated carbocycles. The number of nitrogens with zero attached hydrogens (tertiary/aromatic N) is 1. The molecule has 1 aliphatic heterocycles. The predicted octanol–water partition coefficient (Wildman–Crippen LogP) is 3.03. The van der Waals surface area contributed by atoms with Crippen LogP contribution in [0.4, 0.5) is 0 Å². The molecule has 4 heteroatoms. The Morgan fingerprint density at radius 1 is 1.35 bits per heavy atom. The van der Waals surface area contributed by atoms with Crippen molar-refractivity contribution in [2.75, 3.05) is 0 Å². The number of hydrogen-bond donors (Lipinski definition) is 2. The molecule has 4 nitrogen and oxygen atoms in total.